The number of nitrogens with zero attached hydrogens (tertiary/aromatic N) is 3. The monoisotopic (exact) mass is 678 g/mol. The van der Waals surface area contributed by atoms with E-state index in [2.05, 4.69) is 13.8 Å². The first-order valence-corrected chi connectivity index (χ1v) is 15.2. The molecule has 0 radical (unpaired) electrons. The number of rotatable bonds is 7. The Hall–Kier alpha value is -4.33. The first-order valence-electron chi connectivity index (χ1n) is 15.2. The molecular weight excluding hydrogens is 644 g/mol. The number of benzene rings is 2. The highest BCUT2D eigenvalue weighted by molar-refractivity contribution is 6.10. The van der Waals surface area contributed by atoms with Gasteiger partial charge in [0.2, 0.25) is 0 Å². The van der Waals surface area contributed by atoms with Gasteiger partial charge in [0.1, 0.15) is 6.10 Å². The van der Waals surface area contributed by atoms with Gasteiger partial charge in [-0.2, -0.15) is 26.3 Å². The lowest BCUT2D eigenvalue weighted by Gasteiger charge is -2.39. The summed E-state index contributed by atoms with van der Waals surface area (Å²) in [5, 5.41) is 12.9. The summed E-state index contributed by atoms with van der Waals surface area (Å²) in [5.74, 6) is -1.31. The molecule has 0 bridgehead atoms. The van der Waals surface area contributed by atoms with E-state index in [9.17, 15) is 41.0 Å². The summed E-state index contributed by atoms with van der Waals surface area (Å²) in [6.07, 6.45) is -7.77. The van der Waals surface area contributed by atoms with Crippen molar-refractivity contribution in [1.29, 1.82) is 0 Å². The Bertz CT molecular complexity index is 1680. The van der Waals surface area contributed by atoms with Gasteiger partial charge in [0.05, 0.1) is 36.0 Å². The third-order valence-electron chi connectivity index (χ3n) is 9.05. The Morgan fingerprint density at radius 1 is 1.08 bits per heavy atom. The molecule has 3 atom stereocenters. The maximum absolute atomic E-state index is 13.6. The van der Waals surface area contributed by atoms with E-state index in [0.29, 0.717) is 41.8 Å². The molecule has 2 aromatic carbocycles. The second-order valence-electron chi connectivity index (χ2n) is 13.0. The van der Waals surface area contributed by atoms with Crippen LogP contribution in [-0.4, -0.2) is 53.6 Å². The van der Waals surface area contributed by atoms with Crippen molar-refractivity contribution < 1.29 is 50.6 Å². The fraction of sp³-hybridized carbons (Fsp3) is 0.441. The number of aryl methyl sites for hydroxylation is 1. The molecule has 48 heavy (non-hydrogen) atoms. The number of halogens is 6. The summed E-state index contributed by atoms with van der Waals surface area (Å²) in [6, 6.07) is 4.87. The second kappa shape index (κ2) is 12.6. The van der Waals surface area contributed by atoms with E-state index in [1.165, 1.54) is 36.1 Å². The Morgan fingerprint density at radius 2 is 1.73 bits per heavy atom. The van der Waals surface area contributed by atoms with Crippen LogP contribution in [0.3, 0.4) is 0 Å². The Labute approximate surface area is 273 Å². The van der Waals surface area contributed by atoms with E-state index in [4.69, 9.17) is 14.6 Å². The average Bonchev–Trinajstić information content (AvgIpc) is 3.27. The maximum Gasteiger partial charge on any atom is 0.416 e. The number of allylic oxidation sites excluding steroid dienone is 1. The fourth-order valence-electron chi connectivity index (χ4n) is 6.49. The molecule has 0 spiro atoms. The Kier molecular flexibility index (Phi) is 9.19. The Balaban J connectivity index is 1.52. The van der Waals surface area contributed by atoms with Gasteiger partial charge in [-0.3, -0.25) is 14.7 Å². The van der Waals surface area contributed by atoms with E-state index in [1.54, 1.807) is 25.3 Å². The minimum absolute atomic E-state index is 0.00229. The van der Waals surface area contributed by atoms with Crippen molar-refractivity contribution in [3.63, 3.8) is 0 Å². The number of aliphatic imine (C=N–C) groups is 1. The van der Waals surface area contributed by atoms with Crippen molar-refractivity contribution in [3.05, 3.63) is 93.2 Å². The molecule has 14 heteroatoms. The number of cyclic esters (lactones) is 1. The predicted octanol–water partition coefficient (Wildman–Crippen LogP) is 6.99. The van der Waals surface area contributed by atoms with Gasteiger partial charge in [0.15, 0.2) is 6.17 Å². The number of carbonyl (C=O) groups is 2. The van der Waals surface area contributed by atoms with Crippen LogP contribution in [0.25, 0.3) is 0 Å². The molecule has 3 aliphatic rings. The molecule has 5 rings (SSSR count). The standard InChI is InChI=1S/C34H35F6N3O5/c1-18-12-20(30(44)45)6-7-25(18)27-9-11-43(47-5)29(41-27)26-8-10-32(3,4)16-22(26)17-42-19(2)28(48-31(42)46)21-13-23(33(35,36)37)15-24(14-21)34(38,39)40/h6-7,9,11-15,19,28-29H,8,10,16-17H2,1-5H3,(H,44,45)/p-1/t19-,28-,29?/m0/s1. The highest BCUT2D eigenvalue weighted by atomic mass is 19.4. The Morgan fingerprint density at radius 3 is 2.29 bits per heavy atom. The van der Waals surface area contributed by atoms with Gasteiger partial charge in [-0.25, -0.2) is 9.86 Å². The molecule has 2 heterocycles. The highest BCUT2D eigenvalue weighted by Crippen LogP contribution is 2.44. The lowest BCUT2D eigenvalue weighted by molar-refractivity contribution is -0.255. The number of ether oxygens (including phenoxy) is 1. The third-order valence-corrected chi connectivity index (χ3v) is 9.05. The minimum atomic E-state index is -5.05. The number of hydrogen-bond donors (Lipinski definition) is 0. The van der Waals surface area contributed by atoms with Crippen molar-refractivity contribution in [2.75, 3.05) is 13.7 Å². The molecule has 1 fully saturated rings. The number of carboxylic acids is 1. The smallest absolute Gasteiger partial charge is 0.416 e. The van der Waals surface area contributed by atoms with Gasteiger partial charge < -0.3 is 14.6 Å². The van der Waals surface area contributed by atoms with Crippen molar-refractivity contribution in [2.24, 2.45) is 10.4 Å². The molecule has 2 aliphatic heterocycles. The van der Waals surface area contributed by atoms with Gasteiger partial charge in [-0.1, -0.05) is 26.0 Å². The molecule has 258 valence electrons. The van der Waals surface area contributed by atoms with Crippen LogP contribution < -0.4 is 5.11 Å². The van der Waals surface area contributed by atoms with E-state index in [0.717, 1.165) is 17.6 Å². The van der Waals surface area contributed by atoms with Gasteiger partial charge in [0.25, 0.3) is 0 Å². The predicted molar refractivity (Wildman–Crippen MR) is 160 cm³/mol. The van der Waals surface area contributed by atoms with Crippen LogP contribution in [0.15, 0.2) is 64.8 Å². The SMILES string of the molecule is CON1C=CC(c2ccc(C(=O)[O-])cc2C)=NC1C1=C(CN2C(=O)O[C@H](c3cc(C(F)(F)F)cc(C(F)(F)F)c3)[C@@H]2C)CC(C)(C)CC1. The van der Waals surface area contributed by atoms with Crippen LogP contribution in [0.2, 0.25) is 0 Å². The van der Waals surface area contributed by atoms with Crippen molar-refractivity contribution in [2.45, 2.75) is 77.6 Å². The maximum atomic E-state index is 13.6. The van der Waals surface area contributed by atoms with Crippen LogP contribution >= 0.6 is 0 Å². The zero-order valence-corrected chi connectivity index (χ0v) is 26.8. The van der Waals surface area contributed by atoms with Crippen LogP contribution in [-0.2, 0) is 21.9 Å². The molecule has 1 amide bonds. The summed E-state index contributed by atoms with van der Waals surface area (Å²) in [6.45, 7) is 7.40. The van der Waals surface area contributed by atoms with Gasteiger partial charge in [-0.05, 0) is 96.7 Å². The van der Waals surface area contributed by atoms with Crippen LogP contribution in [0, 0.1) is 12.3 Å². The molecule has 0 saturated carbocycles. The fourth-order valence-corrected chi connectivity index (χ4v) is 6.49. The van der Waals surface area contributed by atoms with Gasteiger partial charge in [0, 0.05) is 18.3 Å². The van der Waals surface area contributed by atoms with E-state index in [1.807, 2.05) is 0 Å². The van der Waals surface area contributed by atoms with E-state index in [-0.39, 0.29) is 23.6 Å². The first kappa shape index (κ1) is 35.0. The van der Waals surface area contributed by atoms with E-state index >= 15 is 0 Å². The molecule has 1 saturated heterocycles. The number of hydrogen-bond acceptors (Lipinski definition) is 7. The summed E-state index contributed by atoms with van der Waals surface area (Å²) in [5.41, 5.74) is 0.000615. The zero-order chi connectivity index (χ0) is 35.3. The number of alkyl halides is 6. The molecule has 0 N–H and O–H groups in total. The van der Waals surface area contributed by atoms with Crippen molar-refractivity contribution in [1.82, 2.24) is 9.96 Å². The van der Waals surface area contributed by atoms with E-state index < -0.39 is 59.4 Å². The molecule has 1 unspecified atom stereocenters. The highest BCUT2D eigenvalue weighted by Gasteiger charge is 2.44. The molecule has 1 aliphatic carbocycles. The normalized spacial score (nSPS) is 23.0. The molecule has 8 nitrogen and oxygen atoms in total. The number of amides is 1. The van der Waals surface area contributed by atoms with Crippen LogP contribution in [0.5, 0.6) is 0 Å². The van der Waals surface area contributed by atoms with Crippen LogP contribution in [0.1, 0.15) is 84.3 Å². The minimum Gasteiger partial charge on any atom is -0.545 e. The van der Waals surface area contributed by atoms with Crippen LogP contribution in [0.4, 0.5) is 31.1 Å². The first-order chi connectivity index (χ1) is 22.3. The number of carbonyl (C=O) groups excluding carboxylic acids is 2. The van der Waals surface area contributed by atoms with Gasteiger partial charge in [-0.15, -0.1) is 0 Å². The zero-order valence-electron chi connectivity index (χ0n) is 26.8. The lowest BCUT2D eigenvalue weighted by Crippen LogP contribution is -2.40. The summed E-state index contributed by atoms with van der Waals surface area (Å²) in [7, 11) is 1.47. The summed E-state index contributed by atoms with van der Waals surface area (Å²) >= 11 is 0. The molecule has 0 aromatic heterocycles. The molecule has 2 aromatic rings. The van der Waals surface area contributed by atoms with Crippen molar-refractivity contribution in [3.8, 4) is 0 Å². The average molecular weight is 679 g/mol. The van der Waals surface area contributed by atoms with Crippen molar-refractivity contribution >= 4 is 17.8 Å². The summed E-state index contributed by atoms with van der Waals surface area (Å²) < 4.78 is 87.0. The lowest BCUT2D eigenvalue weighted by atomic mass is 9.73. The number of carboxylic acid groups (broad SMARTS) is 1. The quantitative estimate of drug-likeness (QED) is 0.232. The summed E-state index contributed by atoms with van der Waals surface area (Å²) in [4.78, 5) is 36.5. The number of aromatic carboxylic acids is 1. The largest absolute Gasteiger partial charge is 0.545 e. The third kappa shape index (κ3) is 7.08. The topological polar surface area (TPSA) is 94.5 Å². The number of hydroxylamine groups is 2. The van der Waals surface area contributed by atoms with Gasteiger partial charge >= 0.3 is 18.4 Å². The second-order valence-corrected chi connectivity index (χ2v) is 13.0. The molecular formula is C34H34F6N3O5-.